The Bertz CT molecular complexity index is 262. The number of aldehydes is 1. The fourth-order valence-electron chi connectivity index (χ4n) is 2.10. The molecule has 0 spiro atoms. The van der Waals surface area contributed by atoms with Crippen LogP contribution in [0.4, 0.5) is 0 Å². The molecular weight excluding hydrogens is 188 g/mol. The summed E-state index contributed by atoms with van der Waals surface area (Å²) in [6.07, 6.45) is 7.33. The summed E-state index contributed by atoms with van der Waals surface area (Å²) in [4.78, 5) is 22.2. The second-order valence-electron chi connectivity index (χ2n) is 4.70. The standard InChI is InChI=1S/C13H20O2/c1-10(2)4-3-5-12-7-6-11(9-14)8-13(12)15/h4,9,11-12H,3,5-8H2,1-2H3. The number of carbonyl (C=O) groups is 2. The van der Waals surface area contributed by atoms with Crippen molar-refractivity contribution in [3.63, 3.8) is 0 Å². The van der Waals surface area contributed by atoms with Crippen LogP contribution in [0.1, 0.15) is 46.0 Å². The van der Waals surface area contributed by atoms with E-state index in [9.17, 15) is 9.59 Å². The largest absolute Gasteiger partial charge is 0.303 e. The van der Waals surface area contributed by atoms with Gasteiger partial charge in [0.2, 0.25) is 0 Å². The summed E-state index contributed by atoms with van der Waals surface area (Å²) >= 11 is 0. The van der Waals surface area contributed by atoms with Crippen molar-refractivity contribution in [2.45, 2.75) is 46.0 Å². The van der Waals surface area contributed by atoms with Gasteiger partial charge in [0.15, 0.2) is 0 Å². The van der Waals surface area contributed by atoms with Gasteiger partial charge in [-0.2, -0.15) is 0 Å². The quantitative estimate of drug-likeness (QED) is 0.526. The second-order valence-corrected chi connectivity index (χ2v) is 4.70. The number of ketones is 1. The van der Waals surface area contributed by atoms with E-state index in [1.807, 2.05) is 0 Å². The Kier molecular flexibility index (Phi) is 4.73. The Morgan fingerprint density at radius 1 is 1.40 bits per heavy atom. The smallest absolute Gasteiger partial charge is 0.136 e. The average molecular weight is 208 g/mol. The summed E-state index contributed by atoms with van der Waals surface area (Å²) in [5.41, 5.74) is 1.31. The summed E-state index contributed by atoms with van der Waals surface area (Å²) < 4.78 is 0. The molecule has 84 valence electrons. The lowest BCUT2D eigenvalue weighted by molar-refractivity contribution is -0.129. The molecule has 0 bridgehead atoms. The van der Waals surface area contributed by atoms with Crippen LogP contribution < -0.4 is 0 Å². The van der Waals surface area contributed by atoms with Gasteiger partial charge in [-0.3, -0.25) is 4.79 Å². The SMILES string of the molecule is CC(C)=CCCC1CCC(C=O)CC1=O. The first kappa shape index (κ1) is 12.2. The van der Waals surface area contributed by atoms with Gasteiger partial charge in [0.25, 0.3) is 0 Å². The van der Waals surface area contributed by atoms with Crippen LogP contribution in [0, 0.1) is 11.8 Å². The molecule has 0 aromatic heterocycles. The van der Waals surface area contributed by atoms with Crippen molar-refractivity contribution in [3.8, 4) is 0 Å². The first-order valence-electron chi connectivity index (χ1n) is 5.75. The maximum atomic E-state index is 11.7. The highest BCUT2D eigenvalue weighted by Crippen LogP contribution is 2.27. The maximum absolute atomic E-state index is 11.7. The van der Waals surface area contributed by atoms with Gasteiger partial charge in [0.05, 0.1) is 0 Å². The number of Topliss-reactive ketones (excluding diaryl/α,β-unsaturated/α-hetero) is 1. The Morgan fingerprint density at radius 2 is 2.13 bits per heavy atom. The molecule has 0 heterocycles. The fourth-order valence-corrected chi connectivity index (χ4v) is 2.10. The Hall–Kier alpha value is -0.920. The number of carbonyl (C=O) groups excluding carboxylic acids is 2. The highest BCUT2D eigenvalue weighted by molar-refractivity contribution is 5.84. The monoisotopic (exact) mass is 208 g/mol. The zero-order valence-electron chi connectivity index (χ0n) is 9.66. The van der Waals surface area contributed by atoms with Crippen molar-refractivity contribution >= 4 is 12.1 Å². The van der Waals surface area contributed by atoms with Crippen molar-refractivity contribution in [1.82, 2.24) is 0 Å². The Balaban J connectivity index is 2.35. The maximum Gasteiger partial charge on any atom is 0.136 e. The van der Waals surface area contributed by atoms with E-state index in [2.05, 4.69) is 19.9 Å². The van der Waals surface area contributed by atoms with Gasteiger partial charge in [-0.15, -0.1) is 0 Å². The molecule has 1 fully saturated rings. The molecule has 15 heavy (non-hydrogen) atoms. The van der Waals surface area contributed by atoms with Crippen molar-refractivity contribution in [2.75, 3.05) is 0 Å². The van der Waals surface area contributed by atoms with Crippen LogP contribution in [0.25, 0.3) is 0 Å². The second kappa shape index (κ2) is 5.84. The number of allylic oxidation sites excluding steroid dienone is 2. The Morgan fingerprint density at radius 3 is 2.67 bits per heavy atom. The van der Waals surface area contributed by atoms with Gasteiger partial charge in [-0.05, 0) is 39.5 Å². The van der Waals surface area contributed by atoms with Crippen molar-refractivity contribution in [1.29, 1.82) is 0 Å². The van der Waals surface area contributed by atoms with Crippen molar-refractivity contribution in [2.24, 2.45) is 11.8 Å². The molecule has 0 radical (unpaired) electrons. The first-order chi connectivity index (χ1) is 7.13. The number of rotatable bonds is 4. The van der Waals surface area contributed by atoms with E-state index in [1.54, 1.807) is 0 Å². The summed E-state index contributed by atoms with van der Waals surface area (Å²) in [6, 6.07) is 0. The van der Waals surface area contributed by atoms with Gasteiger partial charge < -0.3 is 4.79 Å². The van der Waals surface area contributed by atoms with Crippen LogP contribution in [-0.4, -0.2) is 12.1 Å². The normalized spacial score (nSPS) is 26.1. The van der Waals surface area contributed by atoms with Crippen LogP contribution in [0.5, 0.6) is 0 Å². The molecule has 0 aliphatic heterocycles. The molecular formula is C13H20O2. The zero-order chi connectivity index (χ0) is 11.3. The fraction of sp³-hybridized carbons (Fsp3) is 0.692. The molecule has 1 saturated carbocycles. The molecule has 0 saturated heterocycles. The van der Waals surface area contributed by atoms with E-state index in [0.29, 0.717) is 12.2 Å². The lowest BCUT2D eigenvalue weighted by Gasteiger charge is -2.23. The van der Waals surface area contributed by atoms with Gasteiger partial charge in [-0.25, -0.2) is 0 Å². The van der Waals surface area contributed by atoms with E-state index in [1.165, 1.54) is 5.57 Å². The lowest BCUT2D eigenvalue weighted by atomic mass is 9.79. The third kappa shape index (κ3) is 3.98. The van der Waals surface area contributed by atoms with E-state index in [4.69, 9.17) is 0 Å². The Labute approximate surface area is 91.7 Å². The van der Waals surface area contributed by atoms with E-state index in [-0.39, 0.29) is 11.8 Å². The molecule has 2 atom stereocenters. The minimum atomic E-state index is -0.00259. The van der Waals surface area contributed by atoms with Gasteiger partial charge in [-0.1, -0.05) is 11.6 Å². The topological polar surface area (TPSA) is 34.1 Å². The highest BCUT2D eigenvalue weighted by Gasteiger charge is 2.27. The minimum absolute atomic E-state index is 0.00259. The third-order valence-electron chi connectivity index (χ3n) is 3.06. The predicted octanol–water partition coefficient (Wildman–Crippen LogP) is 2.92. The van der Waals surface area contributed by atoms with Crippen molar-refractivity contribution in [3.05, 3.63) is 11.6 Å². The van der Waals surface area contributed by atoms with Gasteiger partial charge in [0, 0.05) is 18.3 Å². The molecule has 2 unspecified atom stereocenters. The molecule has 2 nitrogen and oxygen atoms in total. The minimum Gasteiger partial charge on any atom is -0.303 e. The molecule has 0 aromatic rings. The molecule has 0 N–H and O–H groups in total. The summed E-state index contributed by atoms with van der Waals surface area (Å²) in [7, 11) is 0. The zero-order valence-corrected chi connectivity index (χ0v) is 9.66. The third-order valence-corrected chi connectivity index (χ3v) is 3.06. The molecule has 1 aliphatic carbocycles. The summed E-state index contributed by atoms with van der Waals surface area (Å²) in [5, 5.41) is 0. The summed E-state index contributed by atoms with van der Waals surface area (Å²) in [5.74, 6) is 0.495. The summed E-state index contributed by atoms with van der Waals surface area (Å²) in [6.45, 7) is 4.15. The molecule has 0 aromatic carbocycles. The number of hydrogen-bond donors (Lipinski definition) is 0. The first-order valence-corrected chi connectivity index (χ1v) is 5.75. The van der Waals surface area contributed by atoms with Crippen LogP contribution in [0.15, 0.2) is 11.6 Å². The molecule has 1 rings (SSSR count). The van der Waals surface area contributed by atoms with Gasteiger partial charge >= 0.3 is 0 Å². The highest BCUT2D eigenvalue weighted by atomic mass is 16.1. The van der Waals surface area contributed by atoms with Crippen molar-refractivity contribution < 1.29 is 9.59 Å². The van der Waals surface area contributed by atoms with Crippen LogP contribution in [0.3, 0.4) is 0 Å². The van der Waals surface area contributed by atoms with E-state index < -0.39 is 0 Å². The lowest BCUT2D eigenvalue weighted by Crippen LogP contribution is -2.25. The molecule has 1 aliphatic rings. The van der Waals surface area contributed by atoms with Crippen LogP contribution in [-0.2, 0) is 9.59 Å². The predicted molar refractivity (Wildman–Crippen MR) is 60.6 cm³/mol. The molecule has 0 amide bonds. The number of hydrogen-bond acceptors (Lipinski definition) is 2. The average Bonchev–Trinajstić information content (AvgIpc) is 2.20. The van der Waals surface area contributed by atoms with Crippen LogP contribution >= 0.6 is 0 Å². The van der Waals surface area contributed by atoms with E-state index in [0.717, 1.165) is 32.0 Å². The van der Waals surface area contributed by atoms with E-state index >= 15 is 0 Å². The van der Waals surface area contributed by atoms with Gasteiger partial charge in [0.1, 0.15) is 12.1 Å². The van der Waals surface area contributed by atoms with Crippen LogP contribution in [0.2, 0.25) is 0 Å². The molecule has 2 heteroatoms.